The summed E-state index contributed by atoms with van der Waals surface area (Å²) in [6.07, 6.45) is 7.53. The minimum Gasteiger partial charge on any atom is -0.376 e. The molecule has 1 amide bonds. The Kier molecular flexibility index (Phi) is 4.03. The zero-order valence-corrected chi connectivity index (χ0v) is 12.7. The lowest BCUT2D eigenvalue weighted by atomic mass is 10.2. The van der Waals surface area contributed by atoms with Crippen LogP contribution in [0.1, 0.15) is 25.3 Å². The lowest BCUT2D eigenvalue weighted by Gasteiger charge is -2.18. The molecule has 2 fully saturated rings. The molecular weight excluding hydrogens is 288 g/mol. The molecule has 0 unspecified atom stereocenters. The molecule has 21 heavy (non-hydrogen) atoms. The molecule has 3 rings (SSSR count). The van der Waals surface area contributed by atoms with Gasteiger partial charge in [0.2, 0.25) is 0 Å². The molecule has 2 aliphatic rings. The smallest absolute Gasteiger partial charge is 0.276 e. The van der Waals surface area contributed by atoms with Crippen LogP contribution in [0.2, 0.25) is 0 Å². The van der Waals surface area contributed by atoms with Crippen molar-refractivity contribution in [2.75, 3.05) is 13.2 Å². The van der Waals surface area contributed by atoms with Crippen LogP contribution in [0, 0.1) is 0 Å². The van der Waals surface area contributed by atoms with Crippen molar-refractivity contribution < 1.29 is 9.53 Å². The highest BCUT2D eigenvalue weighted by Crippen LogP contribution is 2.18. The largest absolute Gasteiger partial charge is 0.376 e. The van der Waals surface area contributed by atoms with Crippen LogP contribution in [0.3, 0.4) is 0 Å². The molecule has 0 saturated carbocycles. The minimum absolute atomic E-state index is 0.0934. The molecule has 2 aliphatic heterocycles. The van der Waals surface area contributed by atoms with Gasteiger partial charge in [0.15, 0.2) is 5.11 Å². The Hall–Kier alpha value is -1.73. The molecule has 1 aromatic rings. The first kappa shape index (κ1) is 14.2. The summed E-state index contributed by atoms with van der Waals surface area (Å²) in [6, 6.07) is 0. The molecule has 0 aromatic carbocycles. The number of aromatic nitrogens is 2. The summed E-state index contributed by atoms with van der Waals surface area (Å²) in [7, 11) is 0. The van der Waals surface area contributed by atoms with Gasteiger partial charge >= 0.3 is 0 Å². The number of ether oxygens (including phenoxy) is 1. The highest BCUT2D eigenvalue weighted by Gasteiger charge is 2.33. The van der Waals surface area contributed by atoms with E-state index in [-0.39, 0.29) is 12.0 Å². The molecule has 1 aromatic heterocycles. The van der Waals surface area contributed by atoms with Crippen LogP contribution in [0.25, 0.3) is 6.08 Å². The second-order valence-corrected chi connectivity index (χ2v) is 5.56. The normalized spacial score (nSPS) is 24.1. The number of nitrogens with zero attached hydrogens (tertiary/aromatic N) is 3. The third-order valence-corrected chi connectivity index (χ3v) is 3.98. The molecule has 0 bridgehead atoms. The third kappa shape index (κ3) is 2.98. The maximum atomic E-state index is 12.4. The van der Waals surface area contributed by atoms with Crippen LogP contribution in [-0.4, -0.2) is 45.0 Å². The number of aryl methyl sites for hydroxylation is 1. The number of thiocarbonyl (C=S) groups is 1. The van der Waals surface area contributed by atoms with Crippen molar-refractivity contribution >= 4 is 29.3 Å². The zero-order chi connectivity index (χ0) is 14.8. The van der Waals surface area contributed by atoms with Crippen molar-refractivity contribution in [3.63, 3.8) is 0 Å². The van der Waals surface area contributed by atoms with Crippen molar-refractivity contribution in [3.05, 3.63) is 23.7 Å². The Bertz CT molecular complexity index is 590. The summed E-state index contributed by atoms with van der Waals surface area (Å²) in [5, 5.41) is 7.62. The van der Waals surface area contributed by atoms with Crippen LogP contribution in [0.4, 0.5) is 0 Å². The molecule has 0 spiro atoms. The molecule has 0 aliphatic carbocycles. The molecule has 1 atom stereocenters. The van der Waals surface area contributed by atoms with Crippen molar-refractivity contribution in [2.45, 2.75) is 32.4 Å². The first-order chi connectivity index (χ1) is 10.2. The third-order valence-electron chi connectivity index (χ3n) is 3.66. The molecule has 0 radical (unpaired) electrons. The molecule has 6 nitrogen and oxygen atoms in total. The maximum absolute atomic E-state index is 12.4. The van der Waals surface area contributed by atoms with Gasteiger partial charge in [-0.1, -0.05) is 0 Å². The highest BCUT2D eigenvalue weighted by molar-refractivity contribution is 7.80. The summed E-state index contributed by atoms with van der Waals surface area (Å²) in [6.45, 7) is 4.11. The van der Waals surface area contributed by atoms with Gasteiger partial charge in [0.1, 0.15) is 5.70 Å². The quantitative estimate of drug-likeness (QED) is 0.668. The Morgan fingerprint density at radius 2 is 2.48 bits per heavy atom. The second-order valence-electron chi connectivity index (χ2n) is 5.17. The average Bonchev–Trinajstić information content (AvgIpc) is 3.18. The van der Waals surface area contributed by atoms with Crippen LogP contribution >= 0.6 is 12.2 Å². The number of rotatable bonds is 4. The maximum Gasteiger partial charge on any atom is 0.276 e. The van der Waals surface area contributed by atoms with Gasteiger partial charge in [0, 0.05) is 24.9 Å². The molecule has 3 heterocycles. The van der Waals surface area contributed by atoms with Gasteiger partial charge in [0.25, 0.3) is 5.91 Å². The van der Waals surface area contributed by atoms with Gasteiger partial charge in [-0.05, 0) is 38.1 Å². The van der Waals surface area contributed by atoms with E-state index in [9.17, 15) is 4.79 Å². The molecular formula is C14H18N4O2S. The Labute approximate surface area is 128 Å². The summed E-state index contributed by atoms with van der Waals surface area (Å²) in [4.78, 5) is 14.0. The van der Waals surface area contributed by atoms with Crippen molar-refractivity contribution in [2.24, 2.45) is 0 Å². The van der Waals surface area contributed by atoms with Crippen LogP contribution in [0.15, 0.2) is 18.1 Å². The first-order valence-electron chi connectivity index (χ1n) is 7.16. The second kappa shape index (κ2) is 5.95. The van der Waals surface area contributed by atoms with Crippen LogP contribution < -0.4 is 5.32 Å². The number of carbonyl (C=O) groups is 1. The summed E-state index contributed by atoms with van der Waals surface area (Å²) in [5.41, 5.74) is 1.38. The topological polar surface area (TPSA) is 59.4 Å². The van der Waals surface area contributed by atoms with E-state index in [0.29, 0.717) is 17.4 Å². The fourth-order valence-corrected chi connectivity index (χ4v) is 2.79. The molecule has 112 valence electrons. The van der Waals surface area contributed by atoms with Crippen molar-refractivity contribution in [1.29, 1.82) is 0 Å². The summed E-state index contributed by atoms with van der Waals surface area (Å²) >= 11 is 5.25. The average molecular weight is 306 g/mol. The predicted octanol–water partition coefficient (Wildman–Crippen LogP) is 1.14. The predicted molar refractivity (Wildman–Crippen MR) is 82.3 cm³/mol. The number of nitrogens with one attached hydrogen (secondary N) is 1. The van der Waals surface area contributed by atoms with E-state index in [0.717, 1.165) is 31.6 Å². The Balaban J connectivity index is 1.72. The molecule has 1 N–H and O–H groups in total. The van der Waals surface area contributed by atoms with Gasteiger partial charge in [-0.25, -0.2) is 0 Å². The van der Waals surface area contributed by atoms with Gasteiger partial charge in [-0.15, -0.1) is 0 Å². The number of hydrogen-bond donors (Lipinski definition) is 1. The van der Waals surface area contributed by atoms with E-state index in [1.807, 2.05) is 17.8 Å². The van der Waals surface area contributed by atoms with E-state index >= 15 is 0 Å². The summed E-state index contributed by atoms with van der Waals surface area (Å²) < 4.78 is 7.38. The fraction of sp³-hybridized carbons (Fsp3) is 0.500. The fourth-order valence-electron chi connectivity index (χ4n) is 2.52. The number of amides is 1. The lowest BCUT2D eigenvalue weighted by Crippen LogP contribution is -2.37. The number of hydrogen-bond acceptors (Lipinski definition) is 4. The van der Waals surface area contributed by atoms with Crippen molar-refractivity contribution in [1.82, 2.24) is 20.0 Å². The van der Waals surface area contributed by atoms with E-state index in [4.69, 9.17) is 17.0 Å². The van der Waals surface area contributed by atoms with E-state index in [2.05, 4.69) is 10.4 Å². The molecule has 7 heteroatoms. The van der Waals surface area contributed by atoms with E-state index in [1.165, 1.54) is 0 Å². The first-order valence-corrected chi connectivity index (χ1v) is 7.57. The standard InChI is InChI=1S/C14H18N4O2S/c1-2-17-8-10(7-15-17)6-12-13(19)18(14(21)16-12)9-11-4-3-5-20-11/h6-8,11H,2-5,9H2,1H3,(H,16,21)/b12-6+/t11-/m0/s1. The van der Waals surface area contributed by atoms with E-state index < -0.39 is 0 Å². The number of carbonyl (C=O) groups excluding carboxylic acids is 1. The minimum atomic E-state index is -0.0975. The Morgan fingerprint density at radius 3 is 3.14 bits per heavy atom. The summed E-state index contributed by atoms with van der Waals surface area (Å²) in [5.74, 6) is -0.0975. The lowest BCUT2D eigenvalue weighted by molar-refractivity contribution is -0.123. The highest BCUT2D eigenvalue weighted by atomic mass is 32.1. The van der Waals surface area contributed by atoms with Crippen molar-refractivity contribution in [3.8, 4) is 0 Å². The Morgan fingerprint density at radius 1 is 1.62 bits per heavy atom. The van der Waals surface area contributed by atoms with E-state index in [1.54, 1.807) is 17.2 Å². The molecule has 2 saturated heterocycles. The zero-order valence-electron chi connectivity index (χ0n) is 11.9. The van der Waals surface area contributed by atoms with Gasteiger partial charge < -0.3 is 10.1 Å². The van der Waals surface area contributed by atoms with Crippen LogP contribution in [0.5, 0.6) is 0 Å². The van der Waals surface area contributed by atoms with Crippen LogP contribution in [-0.2, 0) is 16.1 Å². The van der Waals surface area contributed by atoms with Gasteiger partial charge in [-0.2, -0.15) is 5.10 Å². The van der Waals surface area contributed by atoms with Gasteiger partial charge in [0.05, 0.1) is 18.8 Å². The monoisotopic (exact) mass is 306 g/mol. The van der Waals surface area contributed by atoms with Gasteiger partial charge in [-0.3, -0.25) is 14.4 Å². The SMILES string of the molecule is CCn1cc(/C=C2/NC(=S)N(C[C@@H]3CCCO3)C2=O)cn1.